The third-order valence-electron chi connectivity index (χ3n) is 6.22. The van der Waals surface area contributed by atoms with Gasteiger partial charge in [0.25, 0.3) is 5.91 Å². The summed E-state index contributed by atoms with van der Waals surface area (Å²) in [5, 5.41) is 12.6. The van der Waals surface area contributed by atoms with E-state index in [1.807, 2.05) is 59.5 Å². The quantitative estimate of drug-likeness (QED) is 0.622. The molecule has 1 saturated heterocycles. The molecule has 5 rings (SSSR count). The number of anilines is 1. The number of amides is 2. The van der Waals surface area contributed by atoms with Crippen molar-refractivity contribution < 1.29 is 14.3 Å². The van der Waals surface area contributed by atoms with Gasteiger partial charge in [0.05, 0.1) is 12.0 Å². The van der Waals surface area contributed by atoms with Gasteiger partial charge in [0, 0.05) is 31.7 Å². The smallest absolute Gasteiger partial charge is 0.254 e. The van der Waals surface area contributed by atoms with Crippen molar-refractivity contribution in [1.82, 2.24) is 15.1 Å². The van der Waals surface area contributed by atoms with E-state index in [0.29, 0.717) is 44.2 Å². The number of hydrogen-bond acceptors (Lipinski definition) is 6. The maximum atomic E-state index is 13.2. The highest BCUT2D eigenvalue weighted by Gasteiger charge is 2.46. The van der Waals surface area contributed by atoms with Gasteiger partial charge in [0.15, 0.2) is 0 Å². The summed E-state index contributed by atoms with van der Waals surface area (Å²) >= 11 is 1.38. The number of nitrogens with one attached hydrogen (secondary N) is 1. The van der Waals surface area contributed by atoms with E-state index in [0.717, 1.165) is 21.7 Å². The summed E-state index contributed by atoms with van der Waals surface area (Å²) in [5.74, 6) is -0.158. The number of nitrogens with zero attached hydrogens (tertiary/aromatic N) is 3. The van der Waals surface area contributed by atoms with Crippen LogP contribution in [0.5, 0.6) is 0 Å². The number of rotatable bonds is 6. The van der Waals surface area contributed by atoms with Crippen LogP contribution < -0.4 is 5.32 Å². The maximum absolute atomic E-state index is 13.2. The molecule has 0 bridgehead atoms. The number of ether oxygens (including phenoxy) is 1. The summed E-state index contributed by atoms with van der Waals surface area (Å²) in [5.41, 5.74) is 2.33. The molecule has 1 aromatic heterocycles. The highest BCUT2D eigenvalue weighted by Crippen LogP contribution is 2.38. The molecule has 1 fully saturated rings. The van der Waals surface area contributed by atoms with Crippen molar-refractivity contribution >= 4 is 28.3 Å². The van der Waals surface area contributed by atoms with E-state index in [4.69, 9.17) is 4.74 Å². The zero-order chi connectivity index (χ0) is 22.0. The minimum atomic E-state index is -0.560. The molecule has 3 aromatic rings. The van der Waals surface area contributed by atoms with Crippen molar-refractivity contribution in [2.75, 3.05) is 18.5 Å². The minimum Gasteiger partial charge on any atom is -0.381 e. The molecule has 164 valence electrons. The molecular weight excluding hydrogens is 424 g/mol. The molecule has 0 unspecified atom stereocenters. The van der Waals surface area contributed by atoms with Crippen LogP contribution in [0.4, 0.5) is 5.13 Å². The van der Waals surface area contributed by atoms with E-state index < -0.39 is 5.54 Å². The standard InChI is InChI=1S/C24H24N4O3S/c29-20(25-23-27-26-21(32-23)14-17-6-2-1-3-7-17)15-24(10-12-31-13-11-24)28-16-18-8-4-5-9-19(18)22(28)30/h1-9H,10-16H2,(H,25,27,29). The number of hydrogen-bond donors (Lipinski definition) is 1. The Balaban J connectivity index is 1.29. The summed E-state index contributed by atoms with van der Waals surface area (Å²) in [6.07, 6.45) is 2.16. The predicted octanol–water partition coefficient (Wildman–Crippen LogP) is 3.66. The lowest BCUT2D eigenvalue weighted by Crippen LogP contribution is -2.54. The molecule has 7 nitrogen and oxygen atoms in total. The molecular formula is C24H24N4O3S. The van der Waals surface area contributed by atoms with E-state index in [2.05, 4.69) is 15.5 Å². The Morgan fingerprint density at radius 1 is 1.06 bits per heavy atom. The molecule has 0 aliphatic carbocycles. The van der Waals surface area contributed by atoms with Crippen LogP contribution in [0.1, 0.15) is 45.8 Å². The lowest BCUT2D eigenvalue weighted by atomic mass is 9.84. The van der Waals surface area contributed by atoms with Gasteiger partial charge in [-0.15, -0.1) is 10.2 Å². The Labute approximate surface area is 190 Å². The summed E-state index contributed by atoms with van der Waals surface area (Å²) < 4.78 is 5.57. The first-order valence-electron chi connectivity index (χ1n) is 10.8. The van der Waals surface area contributed by atoms with Gasteiger partial charge in [-0.3, -0.25) is 9.59 Å². The van der Waals surface area contributed by atoms with Gasteiger partial charge in [-0.1, -0.05) is 59.9 Å². The molecule has 8 heteroatoms. The molecule has 2 amide bonds. The van der Waals surface area contributed by atoms with Gasteiger partial charge in [-0.05, 0) is 30.0 Å². The summed E-state index contributed by atoms with van der Waals surface area (Å²) in [6.45, 7) is 1.60. The SMILES string of the molecule is O=C(CC1(N2Cc3ccccc3C2=O)CCOCC1)Nc1nnc(Cc2ccccc2)s1. The molecule has 0 spiro atoms. The van der Waals surface area contributed by atoms with E-state index in [-0.39, 0.29) is 18.2 Å². The summed E-state index contributed by atoms with van der Waals surface area (Å²) in [4.78, 5) is 28.1. The molecule has 32 heavy (non-hydrogen) atoms. The van der Waals surface area contributed by atoms with E-state index in [1.54, 1.807) is 0 Å². The van der Waals surface area contributed by atoms with Crippen LogP contribution in [0.2, 0.25) is 0 Å². The Morgan fingerprint density at radius 2 is 1.81 bits per heavy atom. The van der Waals surface area contributed by atoms with E-state index in [9.17, 15) is 9.59 Å². The molecule has 2 aromatic carbocycles. The fraction of sp³-hybridized carbons (Fsp3) is 0.333. The van der Waals surface area contributed by atoms with Gasteiger partial charge in [-0.2, -0.15) is 0 Å². The van der Waals surface area contributed by atoms with Crippen molar-refractivity contribution in [3.8, 4) is 0 Å². The second-order valence-electron chi connectivity index (χ2n) is 8.27. The molecule has 3 heterocycles. The van der Waals surface area contributed by atoms with Crippen molar-refractivity contribution in [2.24, 2.45) is 0 Å². The Kier molecular flexibility index (Phi) is 5.71. The van der Waals surface area contributed by atoms with Gasteiger partial charge in [0.1, 0.15) is 5.01 Å². The van der Waals surface area contributed by atoms with Crippen molar-refractivity contribution in [3.05, 3.63) is 76.3 Å². The number of aromatic nitrogens is 2. The zero-order valence-corrected chi connectivity index (χ0v) is 18.4. The van der Waals surface area contributed by atoms with Crippen LogP contribution in [-0.2, 0) is 22.5 Å². The lowest BCUT2D eigenvalue weighted by Gasteiger charge is -2.44. The van der Waals surface area contributed by atoms with Crippen LogP contribution in [0.3, 0.4) is 0 Å². The first-order chi connectivity index (χ1) is 15.6. The summed E-state index contributed by atoms with van der Waals surface area (Å²) in [6, 6.07) is 17.7. The first-order valence-corrected chi connectivity index (χ1v) is 11.6. The fourth-order valence-electron chi connectivity index (χ4n) is 4.54. The maximum Gasteiger partial charge on any atom is 0.254 e. The van der Waals surface area contributed by atoms with Crippen molar-refractivity contribution in [1.29, 1.82) is 0 Å². The average Bonchev–Trinajstić information content (AvgIpc) is 3.39. The van der Waals surface area contributed by atoms with Crippen molar-refractivity contribution in [2.45, 2.75) is 37.8 Å². The van der Waals surface area contributed by atoms with Crippen LogP contribution >= 0.6 is 11.3 Å². The first kappa shape index (κ1) is 20.8. The van der Waals surface area contributed by atoms with Gasteiger partial charge >= 0.3 is 0 Å². The highest BCUT2D eigenvalue weighted by molar-refractivity contribution is 7.15. The topological polar surface area (TPSA) is 84.4 Å². The number of carbonyl (C=O) groups is 2. The van der Waals surface area contributed by atoms with Gasteiger partial charge in [-0.25, -0.2) is 0 Å². The number of fused-ring (bicyclic) bond motifs is 1. The third kappa shape index (κ3) is 4.16. The molecule has 0 atom stereocenters. The second-order valence-corrected chi connectivity index (χ2v) is 9.34. The monoisotopic (exact) mass is 448 g/mol. The Bertz CT molecular complexity index is 1130. The average molecular weight is 449 g/mol. The summed E-state index contributed by atoms with van der Waals surface area (Å²) in [7, 11) is 0. The van der Waals surface area contributed by atoms with Crippen LogP contribution in [0.15, 0.2) is 54.6 Å². The highest BCUT2D eigenvalue weighted by atomic mass is 32.1. The zero-order valence-electron chi connectivity index (χ0n) is 17.6. The normalized spacial score (nSPS) is 17.2. The Hall–Kier alpha value is -3.10. The van der Waals surface area contributed by atoms with E-state index >= 15 is 0 Å². The predicted molar refractivity (Wildman–Crippen MR) is 122 cm³/mol. The number of carbonyl (C=O) groups excluding carboxylic acids is 2. The minimum absolute atomic E-state index is 0.00337. The fourth-order valence-corrected chi connectivity index (χ4v) is 5.33. The van der Waals surface area contributed by atoms with Crippen molar-refractivity contribution in [3.63, 3.8) is 0 Å². The van der Waals surface area contributed by atoms with Gasteiger partial charge in [0.2, 0.25) is 11.0 Å². The van der Waals surface area contributed by atoms with E-state index in [1.165, 1.54) is 11.3 Å². The molecule has 0 saturated carbocycles. The van der Waals surface area contributed by atoms with Crippen LogP contribution in [0.25, 0.3) is 0 Å². The molecule has 2 aliphatic rings. The molecule has 2 aliphatic heterocycles. The second kappa shape index (κ2) is 8.80. The van der Waals surface area contributed by atoms with Crippen LogP contribution in [-0.4, -0.2) is 45.7 Å². The van der Waals surface area contributed by atoms with Crippen LogP contribution in [0, 0.1) is 0 Å². The lowest BCUT2D eigenvalue weighted by molar-refractivity contribution is -0.120. The third-order valence-corrected chi connectivity index (χ3v) is 7.06. The number of benzene rings is 2. The Morgan fingerprint density at radius 3 is 2.59 bits per heavy atom. The molecule has 1 N–H and O–H groups in total. The molecule has 0 radical (unpaired) electrons. The van der Waals surface area contributed by atoms with Gasteiger partial charge < -0.3 is 15.0 Å². The largest absolute Gasteiger partial charge is 0.381 e.